The van der Waals surface area contributed by atoms with E-state index >= 15 is 0 Å². The molecule has 4 rings (SSSR count). The van der Waals surface area contributed by atoms with Gasteiger partial charge in [-0.2, -0.15) is 13.2 Å². The maximum atomic E-state index is 14.0. The quantitative estimate of drug-likeness (QED) is 0.523. The molecule has 1 atom stereocenters. The summed E-state index contributed by atoms with van der Waals surface area (Å²) >= 11 is 5.89. The van der Waals surface area contributed by atoms with Crippen LogP contribution in [0.2, 0.25) is 5.02 Å². The number of benzene rings is 2. The number of hydrogen-bond donors (Lipinski definition) is 0. The van der Waals surface area contributed by atoms with Crippen LogP contribution < -0.4 is 0 Å². The molecular formula is C20H13ClF3NO. The van der Waals surface area contributed by atoms with Gasteiger partial charge in [0.15, 0.2) is 11.0 Å². The van der Waals surface area contributed by atoms with Crippen LogP contribution in [0.1, 0.15) is 17.9 Å². The smallest absolute Gasteiger partial charge is 0.406 e. The number of allylic oxidation sites excluding steroid dienone is 4. The van der Waals surface area contributed by atoms with Crippen LogP contribution in [0.15, 0.2) is 71.2 Å². The second-order valence-corrected chi connectivity index (χ2v) is 6.60. The summed E-state index contributed by atoms with van der Waals surface area (Å²) in [6.07, 6.45) is -0.634. The molecule has 26 heavy (non-hydrogen) atoms. The number of oxazole rings is 1. The summed E-state index contributed by atoms with van der Waals surface area (Å²) in [7, 11) is 0. The number of alkyl halides is 3. The molecule has 1 aliphatic carbocycles. The zero-order valence-electron chi connectivity index (χ0n) is 13.4. The van der Waals surface area contributed by atoms with Crippen LogP contribution in [-0.4, -0.2) is 11.2 Å². The van der Waals surface area contributed by atoms with E-state index in [-0.39, 0.29) is 17.9 Å². The Hall–Kier alpha value is -2.53. The van der Waals surface area contributed by atoms with Crippen LogP contribution in [0, 0.1) is 0 Å². The van der Waals surface area contributed by atoms with Crippen molar-refractivity contribution < 1.29 is 17.6 Å². The van der Waals surface area contributed by atoms with E-state index in [1.807, 2.05) is 30.3 Å². The Morgan fingerprint density at radius 2 is 1.85 bits per heavy atom. The van der Waals surface area contributed by atoms with Gasteiger partial charge in [0, 0.05) is 11.1 Å². The minimum absolute atomic E-state index is 0.238. The van der Waals surface area contributed by atoms with Crippen LogP contribution in [-0.2, 0) is 5.41 Å². The summed E-state index contributed by atoms with van der Waals surface area (Å²) < 4.78 is 47.5. The zero-order chi connectivity index (χ0) is 18.4. The molecule has 0 bridgehead atoms. The van der Waals surface area contributed by atoms with E-state index in [4.69, 9.17) is 16.0 Å². The molecule has 6 heteroatoms. The van der Waals surface area contributed by atoms with Crippen molar-refractivity contribution in [3.8, 4) is 0 Å². The minimum atomic E-state index is -4.55. The Labute approximate surface area is 152 Å². The normalized spacial score (nSPS) is 20.4. The van der Waals surface area contributed by atoms with Crippen molar-refractivity contribution in [3.63, 3.8) is 0 Å². The molecule has 0 spiro atoms. The second-order valence-electron chi connectivity index (χ2n) is 6.16. The number of fused-ring (bicyclic) bond motifs is 1. The number of halogens is 4. The lowest BCUT2D eigenvalue weighted by atomic mass is 9.78. The van der Waals surface area contributed by atoms with E-state index < -0.39 is 11.6 Å². The molecule has 0 aliphatic heterocycles. The summed E-state index contributed by atoms with van der Waals surface area (Å²) in [5.41, 5.74) is -0.105. The Morgan fingerprint density at radius 3 is 2.50 bits per heavy atom. The fourth-order valence-electron chi connectivity index (χ4n) is 3.06. The first-order valence-corrected chi connectivity index (χ1v) is 8.35. The second kappa shape index (κ2) is 6.02. The first kappa shape index (κ1) is 16.9. The van der Waals surface area contributed by atoms with Crippen molar-refractivity contribution >= 4 is 28.3 Å². The van der Waals surface area contributed by atoms with E-state index in [0.717, 1.165) is 17.2 Å². The highest BCUT2D eigenvalue weighted by atomic mass is 35.5. The number of rotatable bonds is 2. The van der Waals surface area contributed by atoms with Gasteiger partial charge in [-0.25, -0.2) is 4.98 Å². The lowest BCUT2D eigenvalue weighted by molar-refractivity contribution is -0.180. The largest absolute Gasteiger partial charge is 0.439 e. The Morgan fingerprint density at radius 1 is 1.08 bits per heavy atom. The molecule has 0 saturated heterocycles. The van der Waals surface area contributed by atoms with Crippen LogP contribution in [0.5, 0.6) is 0 Å². The SMILES string of the molecule is FC(F)(F)C1(c2nc3ccc(Cl)cc3o2)C=CC(c2ccccc2)=CC1. The maximum Gasteiger partial charge on any atom is 0.406 e. The molecular weight excluding hydrogens is 363 g/mol. The molecule has 1 aliphatic rings. The van der Waals surface area contributed by atoms with E-state index in [9.17, 15) is 13.2 Å². The third-order valence-corrected chi connectivity index (χ3v) is 4.77. The Balaban J connectivity index is 1.79. The van der Waals surface area contributed by atoms with Crippen LogP contribution in [0.3, 0.4) is 0 Å². The first-order chi connectivity index (χ1) is 12.4. The third kappa shape index (κ3) is 2.72. The van der Waals surface area contributed by atoms with Gasteiger partial charge in [0.1, 0.15) is 5.52 Å². The van der Waals surface area contributed by atoms with Gasteiger partial charge in [0.05, 0.1) is 0 Å². The fraction of sp³-hybridized carbons (Fsp3) is 0.150. The molecule has 2 nitrogen and oxygen atoms in total. The molecule has 1 unspecified atom stereocenters. The minimum Gasteiger partial charge on any atom is -0.439 e. The van der Waals surface area contributed by atoms with Crippen LogP contribution in [0.25, 0.3) is 16.7 Å². The summed E-state index contributed by atoms with van der Waals surface area (Å²) in [4.78, 5) is 4.09. The monoisotopic (exact) mass is 375 g/mol. The van der Waals surface area contributed by atoms with Crippen molar-refractivity contribution in [2.75, 3.05) is 0 Å². The van der Waals surface area contributed by atoms with E-state index in [0.29, 0.717) is 10.5 Å². The first-order valence-electron chi connectivity index (χ1n) is 7.97. The molecule has 0 N–H and O–H groups in total. The summed E-state index contributed by atoms with van der Waals surface area (Å²) in [5, 5.41) is 0.381. The van der Waals surface area contributed by atoms with Gasteiger partial charge in [-0.05, 0) is 29.7 Å². The topological polar surface area (TPSA) is 26.0 Å². The summed E-state index contributed by atoms with van der Waals surface area (Å²) in [5.74, 6) is -0.373. The van der Waals surface area contributed by atoms with E-state index in [1.54, 1.807) is 18.2 Å². The average Bonchev–Trinajstić information content (AvgIpc) is 3.05. The lowest BCUT2D eigenvalue weighted by Gasteiger charge is -2.31. The van der Waals surface area contributed by atoms with Gasteiger partial charge in [-0.15, -0.1) is 0 Å². The molecule has 0 radical (unpaired) electrons. The van der Waals surface area contributed by atoms with Crippen LogP contribution in [0.4, 0.5) is 13.2 Å². The number of nitrogens with zero attached hydrogens (tertiary/aromatic N) is 1. The number of aromatic nitrogens is 1. The van der Waals surface area contributed by atoms with E-state index in [1.165, 1.54) is 12.1 Å². The Bertz CT molecular complexity index is 1020. The highest BCUT2D eigenvalue weighted by Crippen LogP contribution is 2.48. The van der Waals surface area contributed by atoms with Gasteiger partial charge >= 0.3 is 6.18 Å². The highest BCUT2D eigenvalue weighted by molar-refractivity contribution is 6.31. The summed E-state index contributed by atoms with van der Waals surface area (Å²) in [6, 6.07) is 13.9. The predicted molar refractivity (Wildman–Crippen MR) is 94.9 cm³/mol. The van der Waals surface area contributed by atoms with Crippen LogP contribution >= 0.6 is 11.6 Å². The number of hydrogen-bond acceptors (Lipinski definition) is 2. The van der Waals surface area contributed by atoms with Crippen molar-refractivity contribution in [1.29, 1.82) is 0 Å². The molecule has 2 aromatic carbocycles. The standard InChI is InChI=1S/C20H13ClF3NO/c21-15-6-7-16-17(12-15)26-18(25-16)19(20(22,23)24)10-8-14(9-11-19)13-4-2-1-3-5-13/h1-10,12H,11H2. The van der Waals surface area contributed by atoms with Crippen molar-refractivity contribution in [1.82, 2.24) is 4.98 Å². The lowest BCUT2D eigenvalue weighted by Crippen LogP contribution is -2.41. The molecule has 0 saturated carbocycles. The van der Waals surface area contributed by atoms with Crippen molar-refractivity contribution in [2.45, 2.75) is 18.0 Å². The van der Waals surface area contributed by atoms with Gasteiger partial charge in [0.25, 0.3) is 0 Å². The average molecular weight is 376 g/mol. The molecule has 132 valence electrons. The predicted octanol–water partition coefficient (Wildman–Crippen LogP) is 6.32. The van der Waals surface area contributed by atoms with Crippen molar-refractivity contribution in [3.05, 3.63) is 83.2 Å². The zero-order valence-corrected chi connectivity index (χ0v) is 14.2. The van der Waals surface area contributed by atoms with Crippen molar-refractivity contribution in [2.24, 2.45) is 0 Å². The highest BCUT2D eigenvalue weighted by Gasteiger charge is 2.57. The Kier molecular flexibility index (Phi) is 3.92. The van der Waals surface area contributed by atoms with Gasteiger partial charge in [0.2, 0.25) is 5.89 Å². The van der Waals surface area contributed by atoms with E-state index in [2.05, 4.69) is 4.98 Å². The summed E-state index contributed by atoms with van der Waals surface area (Å²) in [6.45, 7) is 0. The third-order valence-electron chi connectivity index (χ3n) is 4.54. The molecule has 0 fully saturated rings. The molecule has 0 amide bonds. The van der Waals surface area contributed by atoms with Gasteiger partial charge in [-0.1, -0.05) is 60.2 Å². The maximum absolute atomic E-state index is 14.0. The molecule has 1 aromatic heterocycles. The van der Waals surface area contributed by atoms with Gasteiger partial charge < -0.3 is 4.42 Å². The molecule has 3 aromatic rings. The molecule has 1 heterocycles. The van der Waals surface area contributed by atoms with Gasteiger partial charge in [-0.3, -0.25) is 0 Å². The fourth-order valence-corrected chi connectivity index (χ4v) is 3.23.